The maximum Gasteiger partial charge on any atom is 0.146 e. The number of aromatic nitrogens is 4. The Morgan fingerprint density at radius 2 is 1.78 bits per heavy atom. The number of methoxy groups -OCH3 is 1. The van der Waals surface area contributed by atoms with E-state index in [9.17, 15) is 0 Å². The SMILES string of the molecule is COc1ccc(-n2cc(C(C)Oc3cnc(Cl)c4ccccc34)nn2)cc1. The Bertz CT molecular complexity index is 1080. The Kier molecular flexibility index (Phi) is 4.64. The van der Waals surface area contributed by atoms with Crippen molar-refractivity contribution in [3.63, 3.8) is 0 Å². The van der Waals surface area contributed by atoms with Crippen LogP contribution < -0.4 is 9.47 Å². The van der Waals surface area contributed by atoms with Crippen LogP contribution in [0.2, 0.25) is 5.15 Å². The van der Waals surface area contributed by atoms with Crippen LogP contribution in [0.3, 0.4) is 0 Å². The largest absolute Gasteiger partial charge is 0.497 e. The van der Waals surface area contributed by atoms with Crippen molar-refractivity contribution in [3.05, 3.63) is 71.8 Å². The Hall–Kier alpha value is -3.12. The van der Waals surface area contributed by atoms with Crippen LogP contribution in [0.25, 0.3) is 16.5 Å². The zero-order chi connectivity index (χ0) is 18.8. The molecule has 0 radical (unpaired) electrons. The van der Waals surface area contributed by atoms with Gasteiger partial charge in [0.25, 0.3) is 0 Å². The summed E-state index contributed by atoms with van der Waals surface area (Å²) < 4.78 is 13.0. The molecule has 0 saturated carbocycles. The number of fused-ring (bicyclic) bond motifs is 1. The molecular weight excluding hydrogens is 364 g/mol. The molecule has 0 spiro atoms. The molecule has 2 aromatic heterocycles. The predicted octanol–water partition coefficient (Wildman–Crippen LogP) is 4.62. The van der Waals surface area contributed by atoms with E-state index in [1.165, 1.54) is 0 Å². The molecule has 1 unspecified atom stereocenters. The molecule has 0 aliphatic heterocycles. The Labute approximate surface area is 161 Å². The summed E-state index contributed by atoms with van der Waals surface area (Å²) >= 11 is 6.17. The highest BCUT2D eigenvalue weighted by atomic mass is 35.5. The number of pyridine rings is 1. The molecule has 2 aromatic carbocycles. The molecule has 1 atom stereocenters. The van der Waals surface area contributed by atoms with Gasteiger partial charge >= 0.3 is 0 Å². The quantitative estimate of drug-likeness (QED) is 0.473. The van der Waals surface area contributed by atoms with Crippen molar-refractivity contribution in [1.29, 1.82) is 0 Å². The zero-order valence-corrected chi connectivity index (χ0v) is 15.6. The maximum atomic E-state index is 6.17. The van der Waals surface area contributed by atoms with Crippen LogP contribution in [-0.4, -0.2) is 27.1 Å². The number of halogens is 1. The lowest BCUT2D eigenvalue weighted by molar-refractivity contribution is 0.224. The number of benzene rings is 2. The molecule has 0 bridgehead atoms. The molecule has 2 heterocycles. The minimum Gasteiger partial charge on any atom is -0.497 e. The van der Waals surface area contributed by atoms with Gasteiger partial charge in [0.2, 0.25) is 0 Å². The van der Waals surface area contributed by atoms with Gasteiger partial charge in [-0.1, -0.05) is 41.1 Å². The van der Waals surface area contributed by atoms with Crippen LogP contribution in [0.15, 0.2) is 60.9 Å². The summed E-state index contributed by atoms with van der Waals surface area (Å²) in [6.45, 7) is 1.92. The maximum absolute atomic E-state index is 6.17. The second-order valence-corrected chi connectivity index (χ2v) is 6.36. The van der Waals surface area contributed by atoms with E-state index in [0.717, 1.165) is 22.2 Å². The number of ether oxygens (including phenoxy) is 2. The fourth-order valence-corrected chi connectivity index (χ4v) is 3.01. The van der Waals surface area contributed by atoms with Gasteiger partial charge < -0.3 is 9.47 Å². The van der Waals surface area contributed by atoms with Gasteiger partial charge in [-0.3, -0.25) is 0 Å². The summed E-state index contributed by atoms with van der Waals surface area (Å²) in [5.41, 5.74) is 1.60. The van der Waals surface area contributed by atoms with E-state index in [-0.39, 0.29) is 6.10 Å². The molecule has 0 N–H and O–H groups in total. The second kappa shape index (κ2) is 7.25. The van der Waals surface area contributed by atoms with Crippen LogP contribution in [0.4, 0.5) is 0 Å². The lowest BCUT2D eigenvalue weighted by Gasteiger charge is -2.14. The van der Waals surface area contributed by atoms with Crippen molar-refractivity contribution in [2.75, 3.05) is 7.11 Å². The lowest BCUT2D eigenvalue weighted by atomic mass is 10.1. The molecule has 136 valence electrons. The molecule has 0 saturated heterocycles. The van der Waals surface area contributed by atoms with Crippen LogP contribution >= 0.6 is 11.6 Å². The molecule has 6 nitrogen and oxygen atoms in total. The standard InChI is InChI=1S/C20H17ClN4O2/c1-13(27-19-11-22-20(21)17-6-4-3-5-16(17)19)18-12-25(24-23-18)14-7-9-15(26-2)10-8-14/h3-13H,1-2H3. The molecule has 0 fully saturated rings. The van der Waals surface area contributed by atoms with Crippen molar-refractivity contribution < 1.29 is 9.47 Å². The number of hydrogen-bond acceptors (Lipinski definition) is 5. The number of nitrogens with zero attached hydrogens (tertiary/aromatic N) is 4. The van der Waals surface area contributed by atoms with E-state index in [2.05, 4.69) is 15.3 Å². The lowest BCUT2D eigenvalue weighted by Crippen LogP contribution is -2.04. The number of rotatable bonds is 5. The third-order valence-corrected chi connectivity index (χ3v) is 4.58. The van der Waals surface area contributed by atoms with Crippen LogP contribution in [-0.2, 0) is 0 Å². The Balaban J connectivity index is 1.58. The predicted molar refractivity (Wildman–Crippen MR) is 104 cm³/mol. The monoisotopic (exact) mass is 380 g/mol. The second-order valence-electron chi connectivity index (χ2n) is 6.00. The van der Waals surface area contributed by atoms with E-state index in [4.69, 9.17) is 21.1 Å². The summed E-state index contributed by atoms with van der Waals surface area (Å²) in [6.07, 6.45) is 3.18. The highest BCUT2D eigenvalue weighted by molar-refractivity contribution is 6.34. The van der Waals surface area contributed by atoms with Crippen molar-refractivity contribution >= 4 is 22.4 Å². The molecule has 4 aromatic rings. The van der Waals surface area contributed by atoms with Crippen molar-refractivity contribution in [2.45, 2.75) is 13.0 Å². The fourth-order valence-electron chi connectivity index (χ4n) is 2.80. The first-order chi connectivity index (χ1) is 13.2. The highest BCUT2D eigenvalue weighted by Gasteiger charge is 2.15. The fraction of sp³-hybridized carbons (Fsp3) is 0.150. The van der Waals surface area contributed by atoms with E-state index in [1.54, 1.807) is 18.0 Å². The highest BCUT2D eigenvalue weighted by Crippen LogP contribution is 2.31. The van der Waals surface area contributed by atoms with Gasteiger partial charge in [0.1, 0.15) is 28.5 Å². The average molecular weight is 381 g/mol. The van der Waals surface area contributed by atoms with E-state index < -0.39 is 0 Å². The normalized spacial score (nSPS) is 12.1. The molecule has 7 heteroatoms. The summed E-state index contributed by atoms with van der Waals surface area (Å²) in [6, 6.07) is 15.3. The summed E-state index contributed by atoms with van der Waals surface area (Å²) in [5.74, 6) is 1.44. The van der Waals surface area contributed by atoms with E-state index in [0.29, 0.717) is 16.6 Å². The Morgan fingerprint density at radius 3 is 2.52 bits per heavy atom. The van der Waals surface area contributed by atoms with E-state index in [1.807, 2.05) is 61.7 Å². The van der Waals surface area contributed by atoms with Crippen molar-refractivity contribution in [2.24, 2.45) is 0 Å². The van der Waals surface area contributed by atoms with E-state index >= 15 is 0 Å². The zero-order valence-electron chi connectivity index (χ0n) is 14.8. The molecule has 0 aliphatic rings. The van der Waals surface area contributed by atoms with Gasteiger partial charge in [-0.2, -0.15) is 0 Å². The summed E-state index contributed by atoms with van der Waals surface area (Å²) in [4.78, 5) is 4.21. The van der Waals surface area contributed by atoms with Gasteiger partial charge in [-0.15, -0.1) is 5.10 Å². The van der Waals surface area contributed by atoms with Crippen molar-refractivity contribution in [3.8, 4) is 17.2 Å². The van der Waals surface area contributed by atoms with Crippen molar-refractivity contribution in [1.82, 2.24) is 20.0 Å². The van der Waals surface area contributed by atoms with Gasteiger partial charge in [0.15, 0.2) is 0 Å². The average Bonchev–Trinajstić information content (AvgIpc) is 3.21. The van der Waals surface area contributed by atoms with Crippen LogP contribution in [0.5, 0.6) is 11.5 Å². The van der Waals surface area contributed by atoms with Gasteiger partial charge in [0, 0.05) is 10.8 Å². The smallest absolute Gasteiger partial charge is 0.146 e. The van der Waals surface area contributed by atoms with Crippen LogP contribution in [0.1, 0.15) is 18.7 Å². The molecular formula is C20H17ClN4O2. The molecule has 0 aliphatic carbocycles. The summed E-state index contributed by atoms with van der Waals surface area (Å²) in [7, 11) is 1.64. The first-order valence-electron chi connectivity index (χ1n) is 8.42. The third kappa shape index (κ3) is 3.44. The molecule has 0 amide bonds. The topological polar surface area (TPSA) is 62.1 Å². The first-order valence-corrected chi connectivity index (χ1v) is 8.80. The van der Waals surface area contributed by atoms with Gasteiger partial charge in [-0.25, -0.2) is 9.67 Å². The molecule has 27 heavy (non-hydrogen) atoms. The number of hydrogen-bond donors (Lipinski definition) is 0. The van der Waals surface area contributed by atoms with Crippen LogP contribution in [0, 0.1) is 0 Å². The van der Waals surface area contributed by atoms with Gasteiger partial charge in [0.05, 0.1) is 25.2 Å². The minimum atomic E-state index is -0.302. The minimum absolute atomic E-state index is 0.302. The Morgan fingerprint density at radius 1 is 1.04 bits per heavy atom. The summed E-state index contributed by atoms with van der Waals surface area (Å²) in [5, 5.41) is 10.6. The van der Waals surface area contributed by atoms with Gasteiger partial charge in [-0.05, 0) is 31.2 Å². The third-order valence-electron chi connectivity index (χ3n) is 4.28. The first kappa shape index (κ1) is 17.3. The molecule has 4 rings (SSSR count).